The van der Waals surface area contributed by atoms with E-state index in [2.05, 4.69) is 57.7 Å². The minimum absolute atomic E-state index is 0.0251. The average molecular weight is 316 g/mol. The van der Waals surface area contributed by atoms with Crippen LogP contribution in [0, 0.1) is 0 Å². The number of anilines is 1. The van der Waals surface area contributed by atoms with Gasteiger partial charge in [0.2, 0.25) is 5.91 Å². The first-order valence-corrected chi connectivity index (χ1v) is 8.79. The van der Waals surface area contributed by atoms with E-state index in [4.69, 9.17) is 0 Å². The molecule has 126 valence electrons. The second kappa shape index (κ2) is 7.79. The topological polar surface area (TPSA) is 47.6 Å². The fourth-order valence-corrected chi connectivity index (χ4v) is 3.47. The van der Waals surface area contributed by atoms with Gasteiger partial charge in [0, 0.05) is 44.5 Å². The normalized spacial score (nSPS) is 23.7. The molecular formula is C18H28N4O. The quantitative estimate of drug-likeness (QED) is 0.853. The van der Waals surface area contributed by atoms with Gasteiger partial charge in [-0.25, -0.2) is 0 Å². The Bertz CT molecular complexity index is 493. The molecule has 1 amide bonds. The number of hydrogen-bond acceptors (Lipinski definition) is 4. The summed E-state index contributed by atoms with van der Waals surface area (Å²) < 4.78 is 0. The van der Waals surface area contributed by atoms with Gasteiger partial charge in [0.25, 0.3) is 0 Å². The van der Waals surface area contributed by atoms with E-state index in [0.29, 0.717) is 6.04 Å². The number of hydrogen-bond donors (Lipinski definition) is 2. The molecule has 0 aliphatic carbocycles. The summed E-state index contributed by atoms with van der Waals surface area (Å²) in [6.45, 7) is 8.11. The molecule has 2 aliphatic rings. The average Bonchev–Trinajstić information content (AvgIpc) is 3.15. The molecular weight excluding hydrogens is 288 g/mol. The Kier molecular flexibility index (Phi) is 5.51. The van der Waals surface area contributed by atoms with Gasteiger partial charge in [0.05, 0.1) is 6.04 Å². The van der Waals surface area contributed by atoms with Gasteiger partial charge in [0.1, 0.15) is 0 Å². The van der Waals surface area contributed by atoms with Crippen molar-refractivity contribution in [3.63, 3.8) is 0 Å². The van der Waals surface area contributed by atoms with Crippen molar-refractivity contribution < 1.29 is 4.79 Å². The standard InChI is InChI=1S/C18H28N4O/c1-15(14-20-18(23)17-8-5-9-19-17)21-10-12-22(13-11-21)16-6-3-2-4-7-16/h2-4,6-7,15,17,19H,5,8-14H2,1H3,(H,20,23). The molecule has 2 N–H and O–H groups in total. The third kappa shape index (κ3) is 4.24. The van der Waals surface area contributed by atoms with Gasteiger partial charge in [-0.3, -0.25) is 9.69 Å². The first-order valence-electron chi connectivity index (χ1n) is 8.79. The monoisotopic (exact) mass is 316 g/mol. The van der Waals surface area contributed by atoms with Crippen LogP contribution in [0.25, 0.3) is 0 Å². The van der Waals surface area contributed by atoms with Crippen molar-refractivity contribution in [2.75, 3.05) is 44.2 Å². The predicted octanol–water partition coefficient (Wildman–Crippen LogP) is 1.07. The maximum absolute atomic E-state index is 12.1. The molecule has 2 aliphatic heterocycles. The van der Waals surface area contributed by atoms with Gasteiger partial charge in [-0.05, 0) is 38.4 Å². The smallest absolute Gasteiger partial charge is 0.237 e. The van der Waals surface area contributed by atoms with E-state index in [0.717, 1.165) is 52.1 Å². The van der Waals surface area contributed by atoms with Gasteiger partial charge in [-0.15, -0.1) is 0 Å². The number of rotatable bonds is 5. The van der Waals surface area contributed by atoms with Crippen molar-refractivity contribution in [1.29, 1.82) is 0 Å². The molecule has 5 heteroatoms. The van der Waals surface area contributed by atoms with Crippen LogP contribution in [0.15, 0.2) is 30.3 Å². The Morgan fingerprint density at radius 2 is 2.00 bits per heavy atom. The van der Waals surface area contributed by atoms with Crippen LogP contribution in [0.3, 0.4) is 0 Å². The minimum atomic E-state index is 0.0251. The molecule has 0 spiro atoms. The summed E-state index contributed by atoms with van der Waals surface area (Å²) in [6.07, 6.45) is 2.07. The number of nitrogens with one attached hydrogen (secondary N) is 2. The van der Waals surface area contributed by atoms with E-state index in [9.17, 15) is 4.79 Å². The second-order valence-electron chi connectivity index (χ2n) is 6.60. The molecule has 2 unspecified atom stereocenters. The molecule has 0 radical (unpaired) electrons. The molecule has 1 aromatic rings. The zero-order valence-electron chi connectivity index (χ0n) is 14.0. The van der Waals surface area contributed by atoms with Gasteiger partial charge >= 0.3 is 0 Å². The minimum Gasteiger partial charge on any atom is -0.369 e. The van der Waals surface area contributed by atoms with Crippen molar-refractivity contribution in [3.8, 4) is 0 Å². The number of piperazine rings is 1. The lowest BCUT2D eigenvalue weighted by atomic mass is 10.2. The van der Waals surface area contributed by atoms with Crippen LogP contribution in [-0.4, -0.2) is 62.2 Å². The van der Waals surface area contributed by atoms with Crippen molar-refractivity contribution >= 4 is 11.6 Å². The van der Waals surface area contributed by atoms with Crippen molar-refractivity contribution in [2.24, 2.45) is 0 Å². The van der Waals surface area contributed by atoms with Crippen LogP contribution < -0.4 is 15.5 Å². The van der Waals surface area contributed by atoms with Gasteiger partial charge in [-0.1, -0.05) is 18.2 Å². The number of amides is 1. The zero-order valence-corrected chi connectivity index (χ0v) is 14.0. The zero-order chi connectivity index (χ0) is 16.1. The van der Waals surface area contributed by atoms with Crippen LogP contribution in [0.2, 0.25) is 0 Å². The summed E-state index contributed by atoms with van der Waals surface area (Å²) in [5.74, 6) is 0.164. The Morgan fingerprint density at radius 1 is 1.26 bits per heavy atom. The Balaban J connectivity index is 1.41. The van der Waals surface area contributed by atoms with E-state index in [1.165, 1.54) is 5.69 Å². The highest BCUT2D eigenvalue weighted by molar-refractivity contribution is 5.82. The molecule has 0 bridgehead atoms. The molecule has 0 aromatic heterocycles. The SMILES string of the molecule is CC(CNC(=O)C1CCCN1)N1CCN(c2ccccc2)CC1. The summed E-state index contributed by atoms with van der Waals surface area (Å²) in [6, 6.07) is 11.0. The Morgan fingerprint density at radius 3 is 2.65 bits per heavy atom. The van der Waals surface area contributed by atoms with Crippen LogP contribution in [0.5, 0.6) is 0 Å². The van der Waals surface area contributed by atoms with Crippen molar-refractivity contribution in [3.05, 3.63) is 30.3 Å². The molecule has 5 nitrogen and oxygen atoms in total. The molecule has 0 saturated carbocycles. The van der Waals surface area contributed by atoms with Gasteiger partial charge in [0.15, 0.2) is 0 Å². The van der Waals surface area contributed by atoms with Crippen LogP contribution in [0.1, 0.15) is 19.8 Å². The molecule has 2 fully saturated rings. The number of carbonyl (C=O) groups excluding carboxylic acids is 1. The largest absolute Gasteiger partial charge is 0.369 e. The molecule has 23 heavy (non-hydrogen) atoms. The molecule has 2 atom stereocenters. The third-order valence-corrected chi connectivity index (χ3v) is 5.01. The number of nitrogens with zero attached hydrogens (tertiary/aromatic N) is 2. The maximum Gasteiger partial charge on any atom is 0.237 e. The number of carbonyl (C=O) groups is 1. The first kappa shape index (κ1) is 16.3. The lowest BCUT2D eigenvalue weighted by molar-refractivity contribution is -0.123. The molecule has 2 heterocycles. The van der Waals surface area contributed by atoms with E-state index in [1.54, 1.807) is 0 Å². The fourth-order valence-electron chi connectivity index (χ4n) is 3.47. The van der Waals surface area contributed by atoms with Gasteiger partial charge in [-0.2, -0.15) is 0 Å². The predicted molar refractivity (Wildman–Crippen MR) is 93.7 cm³/mol. The summed E-state index contributed by atoms with van der Waals surface area (Å²) >= 11 is 0. The third-order valence-electron chi connectivity index (χ3n) is 5.01. The summed E-state index contributed by atoms with van der Waals surface area (Å²) in [5, 5.41) is 6.36. The van der Waals surface area contributed by atoms with E-state index < -0.39 is 0 Å². The van der Waals surface area contributed by atoms with E-state index in [1.807, 2.05) is 0 Å². The lowest BCUT2D eigenvalue weighted by Gasteiger charge is -2.39. The number of benzene rings is 1. The Hall–Kier alpha value is -1.59. The summed E-state index contributed by atoms with van der Waals surface area (Å²) in [5.41, 5.74) is 1.31. The highest BCUT2D eigenvalue weighted by Crippen LogP contribution is 2.16. The van der Waals surface area contributed by atoms with Gasteiger partial charge < -0.3 is 15.5 Å². The highest BCUT2D eigenvalue weighted by atomic mass is 16.2. The summed E-state index contributed by atoms with van der Waals surface area (Å²) in [7, 11) is 0. The molecule has 3 rings (SSSR count). The fraction of sp³-hybridized carbons (Fsp3) is 0.611. The second-order valence-corrected chi connectivity index (χ2v) is 6.60. The highest BCUT2D eigenvalue weighted by Gasteiger charge is 2.24. The van der Waals surface area contributed by atoms with E-state index in [-0.39, 0.29) is 11.9 Å². The van der Waals surface area contributed by atoms with E-state index >= 15 is 0 Å². The number of para-hydroxylation sites is 1. The van der Waals surface area contributed by atoms with Crippen LogP contribution >= 0.6 is 0 Å². The van der Waals surface area contributed by atoms with Crippen molar-refractivity contribution in [2.45, 2.75) is 31.8 Å². The molecule has 1 aromatic carbocycles. The first-order chi connectivity index (χ1) is 11.2. The Labute approximate surface area is 139 Å². The maximum atomic E-state index is 12.1. The van der Waals surface area contributed by atoms with Crippen molar-refractivity contribution in [1.82, 2.24) is 15.5 Å². The summed E-state index contributed by atoms with van der Waals surface area (Å²) in [4.78, 5) is 17.0. The molecule has 2 saturated heterocycles. The lowest BCUT2D eigenvalue weighted by Crippen LogP contribution is -2.53. The van der Waals surface area contributed by atoms with Crippen LogP contribution in [0.4, 0.5) is 5.69 Å². The van der Waals surface area contributed by atoms with Crippen LogP contribution in [-0.2, 0) is 4.79 Å².